The molecule has 0 bridgehead atoms. The first-order chi connectivity index (χ1) is 8.66. The Labute approximate surface area is 102 Å². The van der Waals surface area contributed by atoms with E-state index in [1.165, 1.54) is 18.5 Å². The molecule has 1 aromatic heterocycles. The number of hydrogen-bond donors (Lipinski definition) is 0. The fraction of sp³-hybridized carbons (Fsp3) is 0. The molecule has 0 N–H and O–H groups in total. The van der Waals surface area contributed by atoms with Crippen LogP contribution in [-0.4, -0.2) is 10.8 Å². The molecule has 1 heterocycles. The highest BCUT2D eigenvalue weighted by atomic mass is 19.1. The number of rotatable bonds is 1. The van der Waals surface area contributed by atoms with E-state index in [1.54, 1.807) is 12.1 Å². The number of pyridine rings is 1. The second kappa shape index (κ2) is 5.19. The summed E-state index contributed by atoms with van der Waals surface area (Å²) in [6.45, 7) is 0. The molecule has 0 aliphatic heterocycles. The molecule has 0 aliphatic carbocycles. The molecule has 0 saturated carbocycles. The molecule has 2 rings (SSSR count). The molecule has 18 heavy (non-hydrogen) atoms. The van der Waals surface area contributed by atoms with Crippen molar-refractivity contribution in [1.82, 2.24) is 4.98 Å². The standard InChI is InChI=1S/C14H7F2NO/c15-12-5-3-10(13(16)8-12)4-6-14(18)11-2-1-7-17-9-11/h1-3,5,7-9H. The van der Waals surface area contributed by atoms with Gasteiger partial charge in [0.2, 0.25) is 5.78 Å². The van der Waals surface area contributed by atoms with Crippen molar-refractivity contribution in [3.05, 3.63) is 65.5 Å². The van der Waals surface area contributed by atoms with Gasteiger partial charge in [0.25, 0.3) is 0 Å². The van der Waals surface area contributed by atoms with Crippen LogP contribution in [0, 0.1) is 23.5 Å². The number of halogens is 2. The van der Waals surface area contributed by atoms with Crippen LogP contribution in [0.5, 0.6) is 0 Å². The van der Waals surface area contributed by atoms with Crippen molar-refractivity contribution in [2.45, 2.75) is 0 Å². The lowest BCUT2D eigenvalue weighted by Gasteiger charge is -1.94. The lowest BCUT2D eigenvalue weighted by molar-refractivity contribution is 0.105. The monoisotopic (exact) mass is 243 g/mol. The first-order valence-corrected chi connectivity index (χ1v) is 5.08. The minimum absolute atomic E-state index is 0.0198. The molecule has 88 valence electrons. The fourth-order valence-corrected chi connectivity index (χ4v) is 1.28. The van der Waals surface area contributed by atoms with Crippen LogP contribution in [0.1, 0.15) is 15.9 Å². The molecule has 1 aromatic carbocycles. The van der Waals surface area contributed by atoms with Gasteiger partial charge in [-0.3, -0.25) is 9.78 Å². The lowest BCUT2D eigenvalue weighted by atomic mass is 10.1. The zero-order valence-corrected chi connectivity index (χ0v) is 9.15. The van der Waals surface area contributed by atoms with E-state index in [-0.39, 0.29) is 5.56 Å². The van der Waals surface area contributed by atoms with Crippen LogP contribution in [-0.2, 0) is 0 Å². The Morgan fingerprint density at radius 1 is 1.22 bits per heavy atom. The van der Waals surface area contributed by atoms with Gasteiger partial charge in [-0.1, -0.05) is 5.92 Å². The molecule has 0 atom stereocenters. The summed E-state index contributed by atoms with van der Waals surface area (Å²) in [5, 5.41) is 0. The fourth-order valence-electron chi connectivity index (χ4n) is 1.28. The van der Waals surface area contributed by atoms with Crippen LogP contribution < -0.4 is 0 Å². The van der Waals surface area contributed by atoms with Gasteiger partial charge in [-0.05, 0) is 30.2 Å². The number of ketones is 1. The highest BCUT2D eigenvalue weighted by Crippen LogP contribution is 2.08. The summed E-state index contributed by atoms with van der Waals surface area (Å²) in [5.41, 5.74) is 0.307. The maximum Gasteiger partial charge on any atom is 0.237 e. The Morgan fingerprint density at radius 2 is 2.06 bits per heavy atom. The van der Waals surface area contributed by atoms with E-state index in [2.05, 4.69) is 16.8 Å². The van der Waals surface area contributed by atoms with E-state index in [4.69, 9.17) is 0 Å². The summed E-state index contributed by atoms with van der Waals surface area (Å²) < 4.78 is 25.9. The van der Waals surface area contributed by atoms with Crippen LogP contribution in [0.3, 0.4) is 0 Å². The first-order valence-electron chi connectivity index (χ1n) is 5.08. The zero-order valence-electron chi connectivity index (χ0n) is 9.15. The van der Waals surface area contributed by atoms with Crippen molar-refractivity contribution >= 4 is 5.78 Å². The van der Waals surface area contributed by atoms with Gasteiger partial charge in [-0.25, -0.2) is 8.78 Å². The maximum absolute atomic E-state index is 13.2. The number of nitrogens with zero attached hydrogens (tertiary/aromatic N) is 1. The minimum Gasteiger partial charge on any atom is -0.279 e. The predicted octanol–water partition coefficient (Wildman–Crippen LogP) is 2.59. The summed E-state index contributed by atoms with van der Waals surface area (Å²) in [6, 6.07) is 6.16. The van der Waals surface area contributed by atoms with Crippen molar-refractivity contribution in [1.29, 1.82) is 0 Å². The third-order valence-electron chi connectivity index (χ3n) is 2.17. The van der Waals surface area contributed by atoms with E-state index in [1.807, 2.05) is 0 Å². The SMILES string of the molecule is O=C(C#Cc1ccc(F)cc1F)c1cccnc1. The van der Waals surface area contributed by atoms with Crippen LogP contribution in [0.25, 0.3) is 0 Å². The normalized spacial score (nSPS) is 9.44. The molecular weight excluding hydrogens is 236 g/mol. The maximum atomic E-state index is 13.2. The van der Waals surface area contributed by atoms with E-state index in [0.717, 1.165) is 12.1 Å². The van der Waals surface area contributed by atoms with Gasteiger partial charge in [0.1, 0.15) is 11.6 Å². The number of hydrogen-bond acceptors (Lipinski definition) is 2. The van der Waals surface area contributed by atoms with Gasteiger partial charge >= 0.3 is 0 Å². The number of carbonyl (C=O) groups is 1. The van der Waals surface area contributed by atoms with Gasteiger partial charge < -0.3 is 0 Å². The van der Waals surface area contributed by atoms with E-state index in [0.29, 0.717) is 5.56 Å². The Morgan fingerprint density at radius 3 is 2.72 bits per heavy atom. The van der Waals surface area contributed by atoms with Crippen molar-refractivity contribution < 1.29 is 13.6 Å². The van der Waals surface area contributed by atoms with Gasteiger partial charge in [-0.15, -0.1) is 0 Å². The van der Waals surface area contributed by atoms with Gasteiger partial charge in [0.15, 0.2) is 0 Å². The van der Waals surface area contributed by atoms with Crippen molar-refractivity contribution in [2.75, 3.05) is 0 Å². The summed E-state index contributed by atoms with van der Waals surface area (Å²) in [5.74, 6) is 2.71. The quantitative estimate of drug-likeness (QED) is 0.569. The Bertz CT molecular complexity index is 642. The minimum atomic E-state index is -0.790. The summed E-state index contributed by atoms with van der Waals surface area (Å²) in [4.78, 5) is 15.4. The molecule has 0 amide bonds. The third-order valence-corrected chi connectivity index (χ3v) is 2.17. The summed E-state index contributed by atoms with van der Waals surface area (Å²) in [6.07, 6.45) is 2.90. The van der Waals surface area contributed by atoms with Gasteiger partial charge in [0.05, 0.1) is 5.56 Å². The largest absolute Gasteiger partial charge is 0.279 e. The Hall–Kier alpha value is -2.54. The zero-order chi connectivity index (χ0) is 13.0. The molecule has 0 radical (unpaired) electrons. The molecule has 2 aromatic rings. The van der Waals surface area contributed by atoms with Crippen molar-refractivity contribution in [3.63, 3.8) is 0 Å². The number of aromatic nitrogens is 1. The Kier molecular flexibility index (Phi) is 3.44. The van der Waals surface area contributed by atoms with Crippen molar-refractivity contribution in [3.8, 4) is 11.8 Å². The molecule has 0 aliphatic rings. The Balaban J connectivity index is 2.25. The van der Waals surface area contributed by atoms with Crippen LogP contribution in [0.15, 0.2) is 42.7 Å². The average Bonchev–Trinajstić information content (AvgIpc) is 2.38. The summed E-state index contributed by atoms with van der Waals surface area (Å²) in [7, 11) is 0. The van der Waals surface area contributed by atoms with Crippen LogP contribution in [0.4, 0.5) is 8.78 Å². The molecule has 0 fully saturated rings. The first kappa shape index (κ1) is 11.9. The molecule has 2 nitrogen and oxygen atoms in total. The lowest BCUT2D eigenvalue weighted by Crippen LogP contribution is -1.95. The smallest absolute Gasteiger partial charge is 0.237 e. The van der Waals surface area contributed by atoms with E-state index < -0.39 is 17.4 Å². The van der Waals surface area contributed by atoms with Gasteiger partial charge in [0, 0.05) is 24.0 Å². The molecular formula is C14H7F2NO. The van der Waals surface area contributed by atoms with Crippen LogP contribution in [0.2, 0.25) is 0 Å². The second-order valence-corrected chi connectivity index (χ2v) is 3.44. The van der Waals surface area contributed by atoms with E-state index >= 15 is 0 Å². The molecule has 0 unspecified atom stereocenters. The number of carbonyl (C=O) groups excluding carboxylic acids is 1. The number of benzene rings is 1. The summed E-state index contributed by atoms with van der Waals surface area (Å²) >= 11 is 0. The molecule has 4 heteroatoms. The third kappa shape index (κ3) is 2.77. The molecule has 0 saturated heterocycles. The van der Waals surface area contributed by atoms with Crippen LogP contribution >= 0.6 is 0 Å². The second-order valence-electron chi connectivity index (χ2n) is 3.44. The van der Waals surface area contributed by atoms with Gasteiger partial charge in [-0.2, -0.15) is 0 Å². The highest BCUT2D eigenvalue weighted by molar-refractivity contribution is 6.09. The highest BCUT2D eigenvalue weighted by Gasteiger charge is 2.03. The van der Waals surface area contributed by atoms with E-state index in [9.17, 15) is 13.6 Å². The average molecular weight is 243 g/mol. The number of Topliss-reactive ketones (excluding diaryl/α,β-unsaturated/α-hetero) is 1. The molecule has 0 spiro atoms. The topological polar surface area (TPSA) is 30.0 Å². The van der Waals surface area contributed by atoms with Crippen molar-refractivity contribution in [2.24, 2.45) is 0 Å². The predicted molar refractivity (Wildman–Crippen MR) is 61.8 cm³/mol.